The van der Waals surface area contributed by atoms with Crippen LogP contribution in [0, 0.1) is 0 Å². The van der Waals surface area contributed by atoms with Crippen molar-refractivity contribution in [3.05, 3.63) is 28.7 Å². The van der Waals surface area contributed by atoms with E-state index in [9.17, 15) is 0 Å². The fraction of sp³-hybridized carbons (Fsp3) is 0.333. The predicted molar refractivity (Wildman–Crippen MR) is 56.5 cm³/mol. The molecule has 1 unspecified atom stereocenters. The third-order valence-corrected chi connectivity index (χ3v) is 2.96. The minimum Gasteiger partial charge on any atom is -0.395 e. The zero-order valence-corrected chi connectivity index (χ0v) is 9.23. The Bertz CT molecular complexity index is 252. The lowest BCUT2D eigenvalue weighted by atomic mass is 10.4. The molecule has 1 nitrogen and oxygen atoms in total. The molecule has 0 saturated carbocycles. The van der Waals surface area contributed by atoms with Crippen LogP contribution < -0.4 is 0 Å². The van der Waals surface area contributed by atoms with Crippen LogP contribution in [0.5, 0.6) is 0 Å². The number of benzene rings is 1. The average Bonchev–Trinajstić information content (AvgIpc) is 2.04. The number of rotatable bonds is 3. The first-order valence-corrected chi connectivity index (χ1v) is 5.42. The summed E-state index contributed by atoms with van der Waals surface area (Å²) in [6.45, 7) is 2.22. The van der Waals surface area contributed by atoms with Crippen LogP contribution >= 0.6 is 27.7 Å². The van der Waals surface area contributed by atoms with E-state index in [0.717, 1.165) is 4.47 Å². The maximum Gasteiger partial charge on any atom is 0.0550 e. The summed E-state index contributed by atoms with van der Waals surface area (Å²) in [7, 11) is 0. The molecule has 0 aliphatic heterocycles. The number of hydrogen-bond donors (Lipinski definition) is 1. The van der Waals surface area contributed by atoms with E-state index in [-0.39, 0.29) is 11.9 Å². The zero-order chi connectivity index (χ0) is 8.97. The van der Waals surface area contributed by atoms with Gasteiger partial charge < -0.3 is 5.11 Å². The highest BCUT2D eigenvalue weighted by molar-refractivity contribution is 9.10. The molecule has 0 radical (unpaired) electrons. The van der Waals surface area contributed by atoms with Crippen molar-refractivity contribution in [2.24, 2.45) is 0 Å². The average molecular weight is 247 g/mol. The first-order valence-electron chi connectivity index (χ1n) is 3.75. The first-order chi connectivity index (χ1) is 5.72. The topological polar surface area (TPSA) is 20.2 Å². The fourth-order valence-corrected chi connectivity index (χ4v) is 2.25. The monoisotopic (exact) mass is 246 g/mol. The molecule has 0 bridgehead atoms. The minimum atomic E-state index is 0.219. The molecule has 0 spiro atoms. The van der Waals surface area contributed by atoms with Gasteiger partial charge in [-0.25, -0.2) is 0 Å². The SMILES string of the molecule is CC(CO)Sc1cccc(Br)c1. The molecule has 1 aromatic rings. The van der Waals surface area contributed by atoms with Crippen molar-refractivity contribution < 1.29 is 5.11 Å². The van der Waals surface area contributed by atoms with E-state index < -0.39 is 0 Å². The van der Waals surface area contributed by atoms with Crippen molar-refractivity contribution in [3.63, 3.8) is 0 Å². The molecule has 0 aromatic heterocycles. The largest absolute Gasteiger partial charge is 0.395 e. The van der Waals surface area contributed by atoms with Gasteiger partial charge in [0, 0.05) is 14.6 Å². The molecule has 0 aliphatic rings. The van der Waals surface area contributed by atoms with Gasteiger partial charge >= 0.3 is 0 Å². The van der Waals surface area contributed by atoms with Gasteiger partial charge in [0.2, 0.25) is 0 Å². The summed E-state index contributed by atoms with van der Waals surface area (Å²) in [4.78, 5) is 1.19. The van der Waals surface area contributed by atoms with Gasteiger partial charge in [0.1, 0.15) is 0 Å². The molecule has 1 N–H and O–H groups in total. The van der Waals surface area contributed by atoms with E-state index in [1.165, 1.54) is 4.90 Å². The second kappa shape index (κ2) is 4.90. The normalized spacial score (nSPS) is 12.9. The lowest BCUT2D eigenvalue weighted by Crippen LogP contribution is -2.00. The summed E-state index contributed by atoms with van der Waals surface area (Å²) in [5, 5.41) is 9.10. The Morgan fingerprint density at radius 3 is 2.92 bits per heavy atom. The molecule has 12 heavy (non-hydrogen) atoms. The highest BCUT2D eigenvalue weighted by atomic mass is 79.9. The standard InChI is InChI=1S/C9H11BrOS/c1-7(6-11)12-9-4-2-3-8(10)5-9/h2-5,7,11H,6H2,1H3. The maximum atomic E-state index is 8.83. The van der Waals surface area contributed by atoms with E-state index in [2.05, 4.69) is 22.0 Å². The van der Waals surface area contributed by atoms with Crippen molar-refractivity contribution >= 4 is 27.7 Å². The molecule has 0 aliphatic carbocycles. The molecule has 0 amide bonds. The van der Waals surface area contributed by atoms with Crippen LogP contribution in [0.2, 0.25) is 0 Å². The van der Waals surface area contributed by atoms with Crippen molar-refractivity contribution in [3.8, 4) is 0 Å². The number of aliphatic hydroxyl groups excluding tert-OH is 1. The van der Waals surface area contributed by atoms with Gasteiger partial charge in [-0.2, -0.15) is 0 Å². The van der Waals surface area contributed by atoms with Gasteiger partial charge in [0.15, 0.2) is 0 Å². The van der Waals surface area contributed by atoms with Crippen molar-refractivity contribution in [2.75, 3.05) is 6.61 Å². The van der Waals surface area contributed by atoms with Gasteiger partial charge in [-0.05, 0) is 18.2 Å². The fourth-order valence-electron chi connectivity index (χ4n) is 0.810. The lowest BCUT2D eigenvalue weighted by molar-refractivity contribution is 0.300. The van der Waals surface area contributed by atoms with Gasteiger partial charge in [-0.3, -0.25) is 0 Å². The van der Waals surface area contributed by atoms with Crippen LogP contribution in [0.15, 0.2) is 33.6 Å². The highest BCUT2D eigenvalue weighted by Gasteiger charge is 2.01. The summed E-state index contributed by atoms with van der Waals surface area (Å²) < 4.78 is 1.08. The quantitative estimate of drug-likeness (QED) is 0.829. The Balaban J connectivity index is 2.63. The Hall–Kier alpha value is 0.01000. The summed E-state index contributed by atoms with van der Waals surface area (Å²) in [5.41, 5.74) is 0. The second-order valence-corrected chi connectivity index (χ2v) is 5.00. The third-order valence-electron chi connectivity index (χ3n) is 1.39. The van der Waals surface area contributed by atoms with Crippen LogP contribution in [0.25, 0.3) is 0 Å². The molecule has 0 saturated heterocycles. The Labute approximate surface area is 85.3 Å². The molecular weight excluding hydrogens is 236 g/mol. The van der Waals surface area contributed by atoms with Crippen LogP contribution in [-0.4, -0.2) is 17.0 Å². The van der Waals surface area contributed by atoms with Crippen LogP contribution in [0.4, 0.5) is 0 Å². The van der Waals surface area contributed by atoms with Crippen molar-refractivity contribution in [1.29, 1.82) is 0 Å². The van der Waals surface area contributed by atoms with E-state index in [4.69, 9.17) is 5.11 Å². The minimum absolute atomic E-state index is 0.219. The van der Waals surface area contributed by atoms with Gasteiger partial charge in [-0.15, -0.1) is 11.8 Å². The Morgan fingerprint density at radius 1 is 1.58 bits per heavy atom. The second-order valence-electron chi connectivity index (χ2n) is 2.57. The Kier molecular flexibility index (Phi) is 4.12. The van der Waals surface area contributed by atoms with Gasteiger partial charge in [0.25, 0.3) is 0 Å². The van der Waals surface area contributed by atoms with E-state index >= 15 is 0 Å². The zero-order valence-electron chi connectivity index (χ0n) is 6.83. The summed E-state index contributed by atoms with van der Waals surface area (Å²) in [5.74, 6) is 0. The number of halogens is 1. The summed E-state index contributed by atoms with van der Waals surface area (Å²) in [6, 6.07) is 8.09. The summed E-state index contributed by atoms with van der Waals surface area (Å²) >= 11 is 5.08. The molecule has 0 heterocycles. The molecule has 66 valence electrons. The third kappa shape index (κ3) is 3.17. The van der Waals surface area contributed by atoms with Crippen LogP contribution in [-0.2, 0) is 0 Å². The van der Waals surface area contributed by atoms with Crippen molar-refractivity contribution in [1.82, 2.24) is 0 Å². The number of hydrogen-bond acceptors (Lipinski definition) is 2. The van der Waals surface area contributed by atoms with Gasteiger partial charge in [0.05, 0.1) is 6.61 Å². The smallest absolute Gasteiger partial charge is 0.0550 e. The Morgan fingerprint density at radius 2 is 2.33 bits per heavy atom. The summed E-state index contributed by atoms with van der Waals surface area (Å²) in [6.07, 6.45) is 0. The molecule has 1 rings (SSSR count). The van der Waals surface area contributed by atoms with Crippen LogP contribution in [0.3, 0.4) is 0 Å². The highest BCUT2D eigenvalue weighted by Crippen LogP contribution is 2.25. The molecule has 1 atom stereocenters. The van der Waals surface area contributed by atoms with Crippen molar-refractivity contribution in [2.45, 2.75) is 17.1 Å². The van der Waals surface area contributed by atoms with E-state index in [0.29, 0.717) is 0 Å². The van der Waals surface area contributed by atoms with Gasteiger partial charge in [-0.1, -0.05) is 28.9 Å². The number of thioether (sulfide) groups is 1. The molecule has 1 aromatic carbocycles. The lowest BCUT2D eigenvalue weighted by Gasteiger charge is -2.06. The first kappa shape index (κ1) is 10.1. The molecule has 3 heteroatoms. The van der Waals surface area contributed by atoms with Crippen LogP contribution in [0.1, 0.15) is 6.92 Å². The maximum absolute atomic E-state index is 8.83. The van der Waals surface area contributed by atoms with E-state index in [1.54, 1.807) is 11.8 Å². The number of aliphatic hydroxyl groups is 1. The molecular formula is C9H11BrOS. The molecule has 0 fully saturated rings. The predicted octanol–water partition coefficient (Wildman–Crippen LogP) is 2.92. The van der Waals surface area contributed by atoms with E-state index in [1.807, 2.05) is 25.1 Å².